The van der Waals surface area contributed by atoms with Crippen LogP contribution in [0.4, 0.5) is 11.6 Å². The Bertz CT molecular complexity index is 576. The van der Waals surface area contributed by atoms with E-state index in [0.717, 1.165) is 23.8 Å². The summed E-state index contributed by atoms with van der Waals surface area (Å²) in [5.41, 5.74) is 3.72. The summed E-state index contributed by atoms with van der Waals surface area (Å²) in [5, 5.41) is 4.17. The van der Waals surface area contributed by atoms with Crippen LogP contribution in [0.15, 0.2) is 18.5 Å². The van der Waals surface area contributed by atoms with Gasteiger partial charge in [-0.05, 0) is 0 Å². The lowest BCUT2D eigenvalue weighted by Gasteiger charge is -2.19. The van der Waals surface area contributed by atoms with Gasteiger partial charge in [0, 0.05) is 44.4 Å². The molecule has 7 nitrogen and oxygen atoms in total. The fraction of sp³-hybridized carbons (Fsp3) is 0.462. The zero-order valence-corrected chi connectivity index (χ0v) is 12.3. The average molecular weight is 275 g/mol. The highest BCUT2D eigenvalue weighted by Crippen LogP contribution is 2.20. The molecule has 0 amide bonds. The number of nitrogen functional groups attached to an aromatic ring is 1. The summed E-state index contributed by atoms with van der Waals surface area (Å²) >= 11 is 0. The van der Waals surface area contributed by atoms with Crippen molar-refractivity contribution in [3.8, 4) is 0 Å². The second-order valence-electron chi connectivity index (χ2n) is 5.15. The number of nitrogens with zero attached hydrogens (tertiary/aromatic N) is 5. The van der Waals surface area contributed by atoms with Gasteiger partial charge in [-0.15, -0.1) is 0 Å². The van der Waals surface area contributed by atoms with Gasteiger partial charge < -0.3 is 10.3 Å². The summed E-state index contributed by atoms with van der Waals surface area (Å²) in [6, 6.07) is 1.84. The molecule has 2 aromatic heterocycles. The topological polar surface area (TPSA) is 84.9 Å². The van der Waals surface area contributed by atoms with Crippen LogP contribution in [0.25, 0.3) is 0 Å². The fourth-order valence-electron chi connectivity index (χ4n) is 1.89. The van der Waals surface area contributed by atoms with Crippen LogP contribution in [0, 0.1) is 0 Å². The third-order valence-corrected chi connectivity index (χ3v) is 2.96. The van der Waals surface area contributed by atoms with Crippen molar-refractivity contribution in [3.63, 3.8) is 0 Å². The maximum Gasteiger partial charge on any atom is 0.145 e. The third-order valence-electron chi connectivity index (χ3n) is 2.96. The van der Waals surface area contributed by atoms with Gasteiger partial charge in [-0.25, -0.2) is 15.8 Å². The van der Waals surface area contributed by atoms with Crippen molar-refractivity contribution in [2.24, 2.45) is 12.9 Å². The van der Waals surface area contributed by atoms with Gasteiger partial charge in [0.25, 0.3) is 0 Å². The van der Waals surface area contributed by atoms with E-state index < -0.39 is 0 Å². The minimum atomic E-state index is 0.244. The van der Waals surface area contributed by atoms with Crippen LogP contribution in [0.2, 0.25) is 0 Å². The van der Waals surface area contributed by atoms with E-state index in [1.807, 2.05) is 37.5 Å². The molecule has 2 rings (SSSR count). The summed E-state index contributed by atoms with van der Waals surface area (Å²) in [6.07, 6.45) is 3.84. The molecule has 3 N–H and O–H groups in total. The molecule has 2 heterocycles. The van der Waals surface area contributed by atoms with E-state index in [0.29, 0.717) is 5.82 Å². The molecule has 0 saturated carbocycles. The van der Waals surface area contributed by atoms with Gasteiger partial charge in [-0.3, -0.25) is 4.68 Å². The molecular weight excluding hydrogens is 254 g/mol. The monoisotopic (exact) mass is 275 g/mol. The minimum Gasteiger partial charge on any atom is -0.355 e. The molecule has 108 valence electrons. The molecule has 0 aliphatic rings. The number of anilines is 2. The quantitative estimate of drug-likeness (QED) is 0.631. The zero-order valence-electron chi connectivity index (χ0n) is 12.3. The number of nitrogens with two attached hydrogens (primary N) is 1. The molecule has 0 radical (unpaired) electrons. The fourth-order valence-corrected chi connectivity index (χ4v) is 1.89. The molecule has 0 aromatic carbocycles. The predicted octanol–water partition coefficient (Wildman–Crippen LogP) is 1.26. The van der Waals surface area contributed by atoms with Crippen molar-refractivity contribution >= 4 is 11.6 Å². The molecule has 0 saturated heterocycles. The van der Waals surface area contributed by atoms with Gasteiger partial charge in [0.05, 0.1) is 6.20 Å². The van der Waals surface area contributed by atoms with Crippen molar-refractivity contribution in [2.75, 3.05) is 17.4 Å². The van der Waals surface area contributed by atoms with Crippen molar-refractivity contribution in [3.05, 3.63) is 29.8 Å². The number of rotatable bonds is 5. The first kappa shape index (κ1) is 14.3. The van der Waals surface area contributed by atoms with Gasteiger partial charge in [0.2, 0.25) is 0 Å². The van der Waals surface area contributed by atoms with E-state index in [-0.39, 0.29) is 5.92 Å². The maximum absolute atomic E-state index is 5.47. The lowest BCUT2D eigenvalue weighted by atomic mass is 10.2. The molecule has 20 heavy (non-hydrogen) atoms. The second kappa shape index (κ2) is 5.87. The van der Waals surface area contributed by atoms with Crippen LogP contribution in [0.3, 0.4) is 0 Å². The summed E-state index contributed by atoms with van der Waals surface area (Å²) < 4.78 is 1.79. The lowest BCUT2D eigenvalue weighted by molar-refractivity contribution is 0.760. The summed E-state index contributed by atoms with van der Waals surface area (Å²) in [4.78, 5) is 11.0. The van der Waals surface area contributed by atoms with Crippen LogP contribution in [0.1, 0.15) is 31.2 Å². The van der Waals surface area contributed by atoms with E-state index in [1.165, 1.54) is 0 Å². The summed E-state index contributed by atoms with van der Waals surface area (Å²) in [5.74, 6) is 7.94. The Hall–Kier alpha value is -2.15. The largest absolute Gasteiger partial charge is 0.355 e. The van der Waals surface area contributed by atoms with Gasteiger partial charge in [-0.1, -0.05) is 13.8 Å². The van der Waals surface area contributed by atoms with Crippen molar-refractivity contribution in [1.82, 2.24) is 19.7 Å². The van der Waals surface area contributed by atoms with Crippen molar-refractivity contribution in [1.29, 1.82) is 0 Å². The molecule has 0 atom stereocenters. The molecule has 0 aliphatic heterocycles. The molecule has 0 bridgehead atoms. The highest BCUT2D eigenvalue weighted by Gasteiger charge is 2.11. The van der Waals surface area contributed by atoms with E-state index >= 15 is 0 Å². The van der Waals surface area contributed by atoms with Crippen LogP contribution < -0.4 is 16.2 Å². The van der Waals surface area contributed by atoms with E-state index in [2.05, 4.69) is 34.3 Å². The zero-order chi connectivity index (χ0) is 14.7. The highest BCUT2D eigenvalue weighted by molar-refractivity contribution is 5.48. The van der Waals surface area contributed by atoms with Crippen LogP contribution in [-0.4, -0.2) is 26.8 Å². The highest BCUT2D eigenvalue weighted by atomic mass is 15.3. The Morgan fingerprint density at radius 2 is 2.15 bits per heavy atom. The summed E-state index contributed by atoms with van der Waals surface area (Å²) in [7, 11) is 3.89. The Kier molecular flexibility index (Phi) is 4.19. The van der Waals surface area contributed by atoms with Crippen molar-refractivity contribution < 1.29 is 0 Å². The molecule has 0 aliphatic carbocycles. The van der Waals surface area contributed by atoms with Crippen LogP contribution in [0.5, 0.6) is 0 Å². The lowest BCUT2D eigenvalue weighted by Crippen LogP contribution is -2.20. The third kappa shape index (κ3) is 3.24. The second-order valence-corrected chi connectivity index (χ2v) is 5.15. The molecule has 0 spiro atoms. The molecule has 0 fully saturated rings. The first-order chi connectivity index (χ1) is 9.49. The summed E-state index contributed by atoms with van der Waals surface area (Å²) in [6.45, 7) is 4.84. The van der Waals surface area contributed by atoms with Crippen molar-refractivity contribution in [2.45, 2.75) is 26.3 Å². The number of aromatic nitrogens is 4. The minimum absolute atomic E-state index is 0.244. The predicted molar refractivity (Wildman–Crippen MR) is 79.2 cm³/mol. The average Bonchev–Trinajstić information content (AvgIpc) is 2.83. The first-order valence-corrected chi connectivity index (χ1v) is 6.54. The number of aryl methyl sites for hydroxylation is 1. The van der Waals surface area contributed by atoms with Crippen LogP contribution >= 0.6 is 0 Å². The van der Waals surface area contributed by atoms with Gasteiger partial charge in [0.1, 0.15) is 17.5 Å². The number of nitrogens with one attached hydrogen (secondary N) is 1. The smallest absolute Gasteiger partial charge is 0.145 e. The Morgan fingerprint density at radius 3 is 2.70 bits per heavy atom. The number of hydrogen-bond donors (Lipinski definition) is 2. The SMILES string of the molecule is CC(C)c1nc(NN)cc(N(C)Cc2cnn(C)c2)n1. The van der Waals surface area contributed by atoms with E-state index in [4.69, 9.17) is 5.84 Å². The number of hydrogen-bond acceptors (Lipinski definition) is 6. The first-order valence-electron chi connectivity index (χ1n) is 6.54. The Labute approximate surface area is 118 Å². The molecule has 7 heteroatoms. The molecule has 2 aromatic rings. The van der Waals surface area contributed by atoms with E-state index in [1.54, 1.807) is 4.68 Å². The normalized spacial score (nSPS) is 10.9. The Balaban J connectivity index is 2.24. The van der Waals surface area contributed by atoms with Gasteiger partial charge >= 0.3 is 0 Å². The number of hydrazine groups is 1. The van der Waals surface area contributed by atoms with Crippen LogP contribution in [-0.2, 0) is 13.6 Å². The molecular formula is C13H21N7. The van der Waals surface area contributed by atoms with Gasteiger partial charge in [0.15, 0.2) is 0 Å². The molecule has 0 unspecified atom stereocenters. The maximum atomic E-state index is 5.47. The van der Waals surface area contributed by atoms with E-state index in [9.17, 15) is 0 Å². The van der Waals surface area contributed by atoms with Gasteiger partial charge in [-0.2, -0.15) is 5.10 Å². The Morgan fingerprint density at radius 1 is 1.40 bits per heavy atom. The standard InChI is InChI=1S/C13H21N7/c1-9(2)13-16-11(18-14)5-12(17-13)19(3)7-10-6-15-20(4)8-10/h5-6,8-9H,7,14H2,1-4H3,(H,16,17,18).